The largest absolute Gasteiger partial charge is 0.340 e. The number of halogens is 2. The van der Waals surface area contributed by atoms with Gasteiger partial charge in [0.15, 0.2) is 5.82 Å². The van der Waals surface area contributed by atoms with E-state index < -0.39 is 0 Å². The standard InChI is InChI=1S/C11H9Cl2N3O2/c1-6-14-10(16-18-6)5-11(17)15-9-3-7(12)2-8(13)4-9/h2-4H,5H2,1H3,(H,15,17). The number of nitrogens with zero attached hydrogens (tertiary/aromatic N) is 2. The van der Waals surface area contributed by atoms with Crippen LogP contribution in [0.4, 0.5) is 5.69 Å². The third-order valence-corrected chi connectivity index (χ3v) is 2.47. The van der Waals surface area contributed by atoms with Crippen LogP contribution in [0.3, 0.4) is 0 Å². The van der Waals surface area contributed by atoms with E-state index in [1.807, 2.05) is 0 Å². The molecule has 0 aliphatic carbocycles. The first-order valence-corrected chi connectivity index (χ1v) is 5.83. The Kier molecular flexibility index (Phi) is 3.84. The molecule has 1 aromatic carbocycles. The number of benzene rings is 1. The van der Waals surface area contributed by atoms with Crippen molar-refractivity contribution in [3.05, 3.63) is 40.0 Å². The molecule has 0 aliphatic rings. The molecule has 94 valence electrons. The van der Waals surface area contributed by atoms with Crippen LogP contribution in [0.5, 0.6) is 0 Å². The van der Waals surface area contributed by atoms with Crippen molar-refractivity contribution in [2.24, 2.45) is 0 Å². The van der Waals surface area contributed by atoms with Crippen LogP contribution in [-0.2, 0) is 11.2 Å². The number of carbonyl (C=O) groups is 1. The Morgan fingerprint density at radius 1 is 1.33 bits per heavy atom. The smallest absolute Gasteiger partial charge is 0.232 e. The SMILES string of the molecule is Cc1nc(CC(=O)Nc2cc(Cl)cc(Cl)c2)no1. The van der Waals surface area contributed by atoms with Gasteiger partial charge in [-0.25, -0.2) is 0 Å². The molecule has 1 amide bonds. The number of hydrogen-bond donors (Lipinski definition) is 1. The van der Waals surface area contributed by atoms with E-state index in [0.717, 1.165) is 0 Å². The maximum atomic E-state index is 11.7. The summed E-state index contributed by atoms with van der Waals surface area (Å²) >= 11 is 11.6. The van der Waals surface area contributed by atoms with E-state index in [-0.39, 0.29) is 12.3 Å². The Bertz CT molecular complexity index is 563. The van der Waals surface area contributed by atoms with E-state index in [1.54, 1.807) is 25.1 Å². The fourth-order valence-corrected chi connectivity index (χ4v) is 1.91. The van der Waals surface area contributed by atoms with E-state index in [4.69, 9.17) is 27.7 Å². The first kappa shape index (κ1) is 12.9. The van der Waals surface area contributed by atoms with E-state index in [2.05, 4.69) is 15.5 Å². The number of aromatic nitrogens is 2. The normalized spacial score (nSPS) is 10.4. The van der Waals surface area contributed by atoms with Gasteiger partial charge in [-0.2, -0.15) is 4.98 Å². The summed E-state index contributed by atoms with van der Waals surface area (Å²) in [4.78, 5) is 15.6. The summed E-state index contributed by atoms with van der Waals surface area (Å²) in [6.07, 6.45) is 0.0292. The molecule has 2 aromatic rings. The number of amides is 1. The second-order valence-corrected chi connectivity index (χ2v) is 4.49. The van der Waals surface area contributed by atoms with Gasteiger partial charge in [0.25, 0.3) is 0 Å². The lowest BCUT2D eigenvalue weighted by molar-refractivity contribution is -0.115. The van der Waals surface area contributed by atoms with E-state index in [0.29, 0.717) is 27.4 Å². The van der Waals surface area contributed by atoms with Crippen molar-refractivity contribution >= 4 is 34.8 Å². The average molecular weight is 286 g/mol. The molecule has 7 heteroatoms. The number of carbonyl (C=O) groups excluding carboxylic acids is 1. The molecule has 0 atom stereocenters. The molecule has 0 bridgehead atoms. The van der Waals surface area contributed by atoms with Gasteiger partial charge in [0.1, 0.15) is 0 Å². The third-order valence-electron chi connectivity index (χ3n) is 2.03. The van der Waals surface area contributed by atoms with Gasteiger partial charge in [0, 0.05) is 22.7 Å². The van der Waals surface area contributed by atoms with Gasteiger partial charge >= 0.3 is 0 Å². The van der Waals surface area contributed by atoms with Gasteiger partial charge in [-0.15, -0.1) is 0 Å². The molecule has 2 rings (SSSR count). The molecule has 5 nitrogen and oxygen atoms in total. The number of nitrogens with one attached hydrogen (secondary N) is 1. The first-order valence-electron chi connectivity index (χ1n) is 5.08. The average Bonchev–Trinajstić information content (AvgIpc) is 2.61. The number of aryl methyl sites for hydroxylation is 1. The summed E-state index contributed by atoms with van der Waals surface area (Å²) in [5.74, 6) is 0.482. The summed E-state index contributed by atoms with van der Waals surface area (Å²) in [7, 11) is 0. The number of anilines is 1. The van der Waals surface area contributed by atoms with Gasteiger partial charge in [-0.3, -0.25) is 4.79 Å². The van der Waals surface area contributed by atoms with Crippen molar-refractivity contribution < 1.29 is 9.32 Å². The van der Waals surface area contributed by atoms with Crippen LogP contribution in [-0.4, -0.2) is 16.0 Å². The number of hydrogen-bond acceptors (Lipinski definition) is 4. The summed E-state index contributed by atoms with van der Waals surface area (Å²) < 4.78 is 4.77. The maximum absolute atomic E-state index is 11.7. The molecule has 0 unspecified atom stereocenters. The zero-order valence-electron chi connectivity index (χ0n) is 9.41. The van der Waals surface area contributed by atoms with Crippen molar-refractivity contribution in [2.45, 2.75) is 13.3 Å². The fraction of sp³-hybridized carbons (Fsp3) is 0.182. The minimum atomic E-state index is -0.269. The number of rotatable bonds is 3. The second kappa shape index (κ2) is 5.37. The molecule has 18 heavy (non-hydrogen) atoms. The molecule has 0 fully saturated rings. The van der Waals surface area contributed by atoms with E-state index >= 15 is 0 Å². The molecule has 0 aliphatic heterocycles. The van der Waals surface area contributed by atoms with Crippen molar-refractivity contribution in [1.29, 1.82) is 0 Å². The summed E-state index contributed by atoms with van der Waals surface area (Å²) in [5, 5.41) is 7.19. The highest BCUT2D eigenvalue weighted by Crippen LogP contribution is 2.22. The summed E-state index contributed by atoms with van der Waals surface area (Å²) in [6, 6.07) is 4.79. The van der Waals surface area contributed by atoms with Crippen LogP contribution in [0.25, 0.3) is 0 Å². The van der Waals surface area contributed by atoms with Gasteiger partial charge in [-0.05, 0) is 18.2 Å². The molecule has 0 spiro atoms. The predicted molar refractivity (Wildman–Crippen MR) is 67.8 cm³/mol. The monoisotopic (exact) mass is 285 g/mol. The topological polar surface area (TPSA) is 68.0 Å². The molecular weight excluding hydrogens is 277 g/mol. The maximum Gasteiger partial charge on any atom is 0.232 e. The van der Waals surface area contributed by atoms with Gasteiger partial charge in [0.05, 0.1) is 6.42 Å². The van der Waals surface area contributed by atoms with Crippen LogP contribution < -0.4 is 5.32 Å². The Labute approximate surface area is 113 Å². The van der Waals surface area contributed by atoms with Crippen molar-refractivity contribution in [3.63, 3.8) is 0 Å². The Morgan fingerprint density at radius 2 is 2.00 bits per heavy atom. The molecule has 1 heterocycles. The van der Waals surface area contributed by atoms with Crippen LogP contribution >= 0.6 is 23.2 Å². The highest BCUT2D eigenvalue weighted by atomic mass is 35.5. The van der Waals surface area contributed by atoms with Crippen LogP contribution in [0.2, 0.25) is 10.0 Å². The minimum absolute atomic E-state index is 0.0292. The van der Waals surface area contributed by atoms with Crippen molar-refractivity contribution in [3.8, 4) is 0 Å². The molecule has 0 radical (unpaired) electrons. The highest BCUT2D eigenvalue weighted by Gasteiger charge is 2.10. The molecule has 0 saturated heterocycles. The lowest BCUT2D eigenvalue weighted by Crippen LogP contribution is -2.15. The predicted octanol–water partition coefficient (Wildman–Crippen LogP) is 2.87. The summed E-state index contributed by atoms with van der Waals surface area (Å²) in [6.45, 7) is 1.66. The molecule has 1 aromatic heterocycles. The highest BCUT2D eigenvalue weighted by molar-refractivity contribution is 6.35. The molecular formula is C11H9Cl2N3O2. The van der Waals surface area contributed by atoms with E-state index in [9.17, 15) is 4.79 Å². The molecule has 1 N–H and O–H groups in total. The van der Waals surface area contributed by atoms with Gasteiger partial charge in [-0.1, -0.05) is 28.4 Å². The van der Waals surface area contributed by atoms with Gasteiger partial charge in [0.2, 0.25) is 11.8 Å². The van der Waals surface area contributed by atoms with Crippen LogP contribution in [0.1, 0.15) is 11.7 Å². The lowest BCUT2D eigenvalue weighted by atomic mass is 10.3. The first-order chi connectivity index (χ1) is 8.52. The third kappa shape index (κ3) is 3.45. The fourth-order valence-electron chi connectivity index (χ4n) is 1.39. The van der Waals surface area contributed by atoms with Crippen LogP contribution in [0, 0.1) is 6.92 Å². The minimum Gasteiger partial charge on any atom is -0.340 e. The van der Waals surface area contributed by atoms with Crippen LogP contribution in [0.15, 0.2) is 22.7 Å². The second-order valence-electron chi connectivity index (χ2n) is 3.61. The van der Waals surface area contributed by atoms with E-state index in [1.165, 1.54) is 0 Å². The van der Waals surface area contributed by atoms with Gasteiger partial charge < -0.3 is 9.84 Å². The summed E-state index contributed by atoms with van der Waals surface area (Å²) in [5.41, 5.74) is 0.526. The van der Waals surface area contributed by atoms with Crippen molar-refractivity contribution in [1.82, 2.24) is 10.1 Å². The van der Waals surface area contributed by atoms with Crippen molar-refractivity contribution in [2.75, 3.05) is 5.32 Å². The zero-order chi connectivity index (χ0) is 13.1. The molecule has 0 saturated carbocycles. The Morgan fingerprint density at radius 3 is 2.56 bits per heavy atom. The lowest BCUT2D eigenvalue weighted by Gasteiger charge is -2.04. The Balaban J connectivity index is 2.02. The zero-order valence-corrected chi connectivity index (χ0v) is 10.9. The quantitative estimate of drug-likeness (QED) is 0.942. The Hall–Kier alpha value is -1.59.